The van der Waals surface area contributed by atoms with Crippen molar-refractivity contribution < 1.29 is 13.2 Å². The molecule has 120 valence electrons. The molecule has 0 aliphatic carbocycles. The van der Waals surface area contributed by atoms with Crippen LogP contribution in [0, 0.1) is 0 Å². The molecule has 0 unspecified atom stereocenters. The second-order valence-electron chi connectivity index (χ2n) is 4.62. The summed E-state index contributed by atoms with van der Waals surface area (Å²) in [6.07, 6.45) is -3.33. The third-order valence-corrected chi connectivity index (χ3v) is 3.17. The summed E-state index contributed by atoms with van der Waals surface area (Å²) in [6, 6.07) is 14.8. The van der Waals surface area contributed by atoms with Gasteiger partial charge in [0.2, 0.25) is 0 Å². The lowest BCUT2D eigenvalue weighted by Gasteiger charge is -2.10. The van der Waals surface area contributed by atoms with Crippen LogP contribution < -0.4 is 10.7 Å². The third-order valence-electron chi connectivity index (χ3n) is 2.93. The molecule has 0 amide bonds. The van der Waals surface area contributed by atoms with Crippen molar-refractivity contribution >= 4 is 23.5 Å². The van der Waals surface area contributed by atoms with E-state index in [0.29, 0.717) is 6.54 Å². The van der Waals surface area contributed by atoms with E-state index in [4.69, 9.17) is 12.2 Å². The highest BCUT2D eigenvalue weighted by atomic mass is 32.1. The van der Waals surface area contributed by atoms with Crippen molar-refractivity contribution in [1.82, 2.24) is 10.7 Å². The summed E-state index contributed by atoms with van der Waals surface area (Å²) in [7, 11) is 0. The molecule has 3 nitrogen and oxygen atoms in total. The first kappa shape index (κ1) is 17.0. The molecule has 2 aromatic rings. The number of nitrogens with one attached hydrogen (secondary N) is 2. The number of alkyl halides is 3. The van der Waals surface area contributed by atoms with E-state index in [1.54, 1.807) is 0 Å². The first-order valence-corrected chi connectivity index (χ1v) is 7.14. The normalized spacial score (nSPS) is 11.4. The zero-order valence-corrected chi connectivity index (χ0v) is 12.8. The van der Waals surface area contributed by atoms with Crippen molar-refractivity contribution in [1.29, 1.82) is 0 Å². The Kier molecular flexibility index (Phi) is 5.70. The highest BCUT2D eigenvalue weighted by Gasteiger charge is 2.32. The fourth-order valence-electron chi connectivity index (χ4n) is 1.85. The fraction of sp³-hybridized carbons (Fsp3) is 0.125. The molecule has 2 aromatic carbocycles. The Morgan fingerprint density at radius 3 is 2.39 bits per heavy atom. The van der Waals surface area contributed by atoms with Crippen LogP contribution in [-0.4, -0.2) is 11.3 Å². The molecule has 0 bridgehead atoms. The third kappa shape index (κ3) is 5.37. The SMILES string of the molecule is FC(F)(F)c1ccccc1/C=N/NC(=S)NCc1ccccc1. The molecule has 0 aliphatic rings. The number of nitrogens with zero attached hydrogens (tertiary/aromatic N) is 1. The van der Waals surface area contributed by atoms with Gasteiger partial charge in [0.25, 0.3) is 0 Å². The summed E-state index contributed by atoms with van der Waals surface area (Å²) < 4.78 is 38.5. The van der Waals surface area contributed by atoms with Gasteiger partial charge in [-0.15, -0.1) is 0 Å². The summed E-state index contributed by atoms with van der Waals surface area (Å²) >= 11 is 5.02. The molecule has 7 heteroatoms. The number of rotatable bonds is 4. The van der Waals surface area contributed by atoms with Crippen molar-refractivity contribution in [3.05, 3.63) is 71.3 Å². The van der Waals surface area contributed by atoms with Gasteiger partial charge in [-0.05, 0) is 23.8 Å². The number of thiocarbonyl (C=S) groups is 1. The maximum Gasteiger partial charge on any atom is 0.417 e. The minimum atomic E-state index is -4.42. The average molecular weight is 337 g/mol. The highest BCUT2D eigenvalue weighted by molar-refractivity contribution is 7.80. The van der Waals surface area contributed by atoms with E-state index in [1.165, 1.54) is 18.2 Å². The summed E-state index contributed by atoms with van der Waals surface area (Å²) in [6.45, 7) is 0.501. The molecular formula is C16H14F3N3S. The van der Waals surface area contributed by atoms with Crippen LogP contribution in [0.1, 0.15) is 16.7 Å². The summed E-state index contributed by atoms with van der Waals surface area (Å²) in [5, 5.41) is 6.89. The minimum Gasteiger partial charge on any atom is -0.357 e. The monoisotopic (exact) mass is 337 g/mol. The van der Waals surface area contributed by atoms with Crippen molar-refractivity contribution in [2.75, 3.05) is 0 Å². The van der Waals surface area contributed by atoms with Gasteiger partial charge in [-0.3, -0.25) is 5.43 Å². The zero-order chi connectivity index (χ0) is 16.7. The molecule has 2 N–H and O–H groups in total. The Hall–Kier alpha value is -2.41. The Balaban J connectivity index is 1.91. The highest BCUT2D eigenvalue weighted by Crippen LogP contribution is 2.30. The zero-order valence-electron chi connectivity index (χ0n) is 12.0. The number of hydrogen-bond donors (Lipinski definition) is 2. The molecular weight excluding hydrogens is 323 g/mol. The fourth-order valence-corrected chi connectivity index (χ4v) is 1.97. The predicted octanol–water partition coefficient (Wildman–Crippen LogP) is 3.70. The number of hydrazone groups is 1. The Morgan fingerprint density at radius 2 is 1.70 bits per heavy atom. The van der Waals surface area contributed by atoms with E-state index in [9.17, 15) is 13.2 Å². The van der Waals surface area contributed by atoms with E-state index in [1.807, 2.05) is 30.3 Å². The lowest BCUT2D eigenvalue weighted by Crippen LogP contribution is -2.31. The van der Waals surface area contributed by atoms with Gasteiger partial charge in [0.05, 0.1) is 11.8 Å². The Bertz CT molecular complexity index is 684. The molecule has 0 spiro atoms. The maximum absolute atomic E-state index is 12.8. The molecule has 0 saturated carbocycles. The molecule has 0 radical (unpaired) electrons. The molecule has 0 aromatic heterocycles. The quantitative estimate of drug-likeness (QED) is 0.507. The predicted molar refractivity (Wildman–Crippen MR) is 88.1 cm³/mol. The number of hydrogen-bond acceptors (Lipinski definition) is 2. The van der Waals surface area contributed by atoms with Gasteiger partial charge in [-0.1, -0.05) is 48.5 Å². The second-order valence-corrected chi connectivity index (χ2v) is 5.03. The second kappa shape index (κ2) is 7.73. The van der Waals surface area contributed by atoms with Gasteiger partial charge in [-0.2, -0.15) is 18.3 Å². The molecule has 0 fully saturated rings. The van der Waals surface area contributed by atoms with Crippen LogP contribution in [0.25, 0.3) is 0 Å². The van der Waals surface area contributed by atoms with E-state index in [2.05, 4.69) is 15.8 Å². The van der Waals surface area contributed by atoms with Gasteiger partial charge in [0, 0.05) is 12.1 Å². The first-order chi connectivity index (χ1) is 11.0. The average Bonchev–Trinajstić information content (AvgIpc) is 2.53. The summed E-state index contributed by atoms with van der Waals surface area (Å²) in [5.74, 6) is 0. The van der Waals surface area contributed by atoms with Crippen LogP contribution in [0.4, 0.5) is 13.2 Å². The largest absolute Gasteiger partial charge is 0.417 e. The lowest BCUT2D eigenvalue weighted by molar-refractivity contribution is -0.137. The van der Waals surface area contributed by atoms with Crippen LogP contribution >= 0.6 is 12.2 Å². The van der Waals surface area contributed by atoms with Crippen molar-refractivity contribution in [3.8, 4) is 0 Å². The van der Waals surface area contributed by atoms with Gasteiger partial charge in [-0.25, -0.2) is 0 Å². The molecule has 23 heavy (non-hydrogen) atoms. The molecule has 2 rings (SSSR count). The van der Waals surface area contributed by atoms with Crippen molar-refractivity contribution in [2.24, 2.45) is 5.10 Å². The van der Waals surface area contributed by atoms with Gasteiger partial charge < -0.3 is 5.32 Å². The van der Waals surface area contributed by atoms with Crippen LogP contribution in [0.3, 0.4) is 0 Å². The first-order valence-electron chi connectivity index (χ1n) is 6.74. The smallest absolute Gasteiger partial charge is 0.357 e. The van der Waals surface area contributed by atoms with Gasteiger partial charge in [0.1, 0.15) is 0 Å². The summed E-state index contributed by atoms with van der Waals surface area (Å²) in [4.78, 5) is 0. The van der Waals surface area contributed by atoms with Crippen LogP contribution in [0.15, 0.2) is 59.7 Å². The Labute approximate surface area is 137 Å². The lowest BCUT2D eigenvalue weighted by atomic mass is 10.1. The van der Waals surface area contributed by atoms with E-state index in [0.717, 1.165) is 17.8 Å². The van der Waals surface area contributed by atoms with Gasteiger partial charge in [0.15, 0.2) is 5.11 Å². The van der Waals surface area contributed by atoms with Crippen molar-refractivity contribution in [3.63, 3.8) is 0 Å². The molecule has 0 saturated heterocycles. The standard InChI is InChI=1S/C16H14F3N3S/c17-16(18,19)14-9-5-4-8-13(14)11-21-22-15(23)20-10-12-6-2-1-3-7-12/h1-9,11H,10H2,(H2,20,22,23)/b21-11+. The van der Waals surface area contributed by atoms with E-state index in [-0.39, 0.29) is 10.7 Å². The topological polar surface area (TPSA) is 36.4 Å². The van der Waals surface area contributed by atoms with Crippen LogP contribution in [0.2, 0.25) is 0 Å². The van der Waals surface area contributed by atoms with E-state index < -0.39 is 11.7 Å². The van der Waals surface area contributed by atoms with Crippen LogP contribution in [-0.2, 0) is 12.7 Å². The Morgan fingerprint density at radius 1 is 1.04 bits per heavy atom. The molecule has 0 heterocycles. The van der Waals surface area contributed by atoms with Gasteiger partial charge >= 0.3 is 6.18 Å². The molecule has 0 aliphatic heterocycles. The number of halogens is 3. The van der Waals surface area contributed by atoms with Crippen LogP contribution in [0.5, 0.6) is 0 Å². The maximum atomic E-state index is 12.8. The number of benzene rings is 2. The molecule has 0 atom stereocenters. The summed E-state index contributed by atoms with van der Waals surface area (Å²) in [5.41, 5.74) is 2.76. The van der Waals surface area contributed by atoms with E-state index >= 15 is 0 Å². The van der Waals surface area contributed by atoms with Crippen molar-refractivity contribution in [2.45, 2.75) is 12.7 Å². The minimum absolute atomic E-state index is 0.0293.